The van der Waals surface area contributed by atoms with E-state index in [0.717, 1.165) is 61.2 Å². The Hall–Kier alpha value is -2.66. The Kier molecular flexibility index (Phi) is 11.5. The van der Waals surface area contributed by atoms with Crippen LogP contribution < -0.4 is 5.73 Å². The van der Waals surface area contributed by atoms with Crippen molar-refractivity contribution >= 4 is 33.5 Å². The van der Waals surface area contributed by atoms with Crippen molar-refractivity contribution in [1.82, 2.24) is 9.80 Å². The van der Waals surface area contributed by atoms with Crippen LogP contribution in [-0.2, 0) is 26.3 Å². The van der Waals surface area contributed by atoms with Crippen molar-refractivity contribution in [2.75, 3.05) is 37.7 Å². The molecular formula is C76H99N3O5S2. The number of nitrogens with zero attached hydrogens (tertiary/aromatic N) is 2. The minimum Gasteiger partial charge on any atom is -0.509 e. The molecule has 8 spiro atoms. The van der Waals surface area contributed by atoms with Crippen LogP contribution in [0.25, 0.3) is 0 Å². The van der Waals surface area contributed by atoms with Crippen molar-refractivity contribution < 1.29 is 24.2 Å². The molecule has 0 radical (unpaired) electrons. The number of allylic oxidation sites excluding steroid dienone is 4. The summed E-state index contributed by atoms with van der Waals surface area (Å²) in [6, 6.07) is 7.36. The lowest BCUT2D eigenvalue weighted by Crippen LogP contribution is -2.78. The van der Waals surface area contributed by atoms with Crippen molar-refractivity contribution in [2.45, 2.75) is 230 Å². The first-order valence-electron chi connectivity index (χ1n) is 36.6. The molecule has 8 saturated carbocycles. The van der Waals surface area contributed by atoms with Crippen LogP contribution in [-0.4, -0.2) is 76.6 Å². The van der Waals surface area contributed by atoms with Gasteiger partial charge in [0.05, 0.1) is 11.0 Å². The number of fused-ring (bicyclic) bond motifs is 9. The van der Waals surface area contributed by atoms with Crippen molar-refractivity contribution in [2.24, 2.45) is 109 Å². The molecule has 10 heterocycles. The van der Waals surface area contributed by atoms with E-state index < -0.39 is 16.4 Å². The van der Waals surface area contributed by atoms with Gasteiger partial charge in [0.2, 0.25) is 0 Å². The highest BCUT2D eigenvalue weighted by Gasteiger charge is 2.94. The number of hydrogen-bond donors (Lipinski definition) is 2. The van der Waals surface area contributed by atoms with Gasteiger partial charge in [-0.2, -0.15) is 0 Å². The lowest BCUT2D eigenvalue weighted by molar-refractivity contribution is -0.284. The van der Waals surface area contributed by atoms with Crippen molar-refractivity contribution in [1.29, 1.82) is 0 Å². The predicted octanol–water partition coefficient (Wildman–Crippen LogP) is 16.1. The lowest BCUT2D eigenvalue weighted by atomic mass is 9.26. The first kappa shape index (κ1) is 53.9. The molecule has 10 aliphatic heterocycles. The predicted molar refractivity (Wildman–Crippen MR) is 339 cm³/mol. The van der Waals surface area contributed by atoms with E-state index in [0.29, 0.717) is 106 Å². The Labute approximate surface area is 521 Å². The first-order chi connectivity index (χ1) is 42.0. The number of aliphatic hydroxyl groups excluding tert-OH is 1. The topological polar surface area (TPSA) is 105 Å². The molecule has 0 amide bonds. The quantitative estimate of drug-likeness (QED) is 0.172. The molecular weight excluding hydrogens is 1100 g/mol. The van der Waals surface area contributed by atoms with Gasteiger partial charge in [0.15, 0.2) is 11.4 Å². The minimum absolute atomic E-state index is 0.0890. The van der Waals surface area contributed by atoms with Crippen LogP contribution in [0.2, 0.25) is 0 Å². The van der Waals surface area contributed by atoms with E-state index >= 15 is 9.59 Å². The molecule has 3 N–H and O–H groups in total. The number of rotatable bonds is 4. The normalized spacial score (nSPS) is 48.6. The van der Waals surface area contributed by atoms with Gasteiger partial charge in [-0.05, 0) is 240 Å². The summed E-state index contributed by atoms with van der Waals surface area (Å²) >= 11 is 0. The summed E-state index contributed by atoms with van der Waals surface area (Å²) in [6.45, 7) is 6.64. The van der Waals surface area contributed by atoms with Gasteiger partial charge in [0.1, 0.15) is 11.2 Å². The summed E-state index contributed by atoms with van der Waals surface area (Å²) in [4.78, 5) is 39.5. The van der Waals surface area contributed by atoms with E-state index in [1.165, 1.54) is 178 Å². The van der Waals surface area contributed by atoms with Gasteiger partial charge in [0, 0.05) is 78.7 Å². The van der Waals surface area contributed by atoms with Gasteiger partial charge in [-0.3, -0.25) is 9.69 Å². The molecule has 19 atom stereocenters. The van der Waals surface area contributed by atoms with Gasteiger partial charge >= 0.3 is 11.9 Å². The Bertz CT molecular complexity index is 3260. The average Bonchev–Trinajstić information content (AvgIpc) is 1.27. The molecule has 1 aromatic carbocycles. The molecule has 0 aromatic heterocycles. The zero-order valence-corrected chi connectivity index (χ0v) is 53.7. The second-order valence-electron chi connectivity index (χ2n) is 34.4. The van der Waals surface area contributed by atoms with E-state index in [1.807, 2.05) is 0 Å². The van der Waals surface area contributed by atoms with Crippen LogP contribution in [0.5, 0.6) is 0 Å². The van der Waals surface area contributed by atoms with Crippen molar-refractivity contribution in [3.05, 3.63) is 80.5 Å². The van der Waals surface area contributed by atoms with Crippen molar-refractivity contribution in [3.63, 3.8) is 0 Å². The Morgan fingerprint density at radius 2 is 1.58 bits per heavy atom. The standard InChI is InChI=1S/C76H99N3O5S2/c1-44-30-47-16-17-58-49-31-45-39-78(41-49)59(50-35-71(24-6-7-25-71)73(37-50)27-11-26-70(73)22-4-5-23-70)34-60(80)66-74-28-18-53-63-55-38-72(44,64(53)65(47)79(58)40-45)36-51-42-85-86-43-57-52(14-9-21-69(57)19-2-3-20-69)48(32-54(51)55)33-61(75(63,74)68(82)83-66)76(74)56-15-8-12-46(13-10-29-77)62(56)67(81)84-76/h8,12,15,32,44-45,48-52,55,57-59,61,64,80H,2-7,9-11,13-14,16-31,33-43,77H2,1H3. The lowest BCUT2D eigenvalue weighted by Gasteiger charge is -2.75. The second kappa shape index (κ2) is 18.3. The highest BCUT2D eigenvalue weighted by atomic mass is 33.1. The van der Waals surface area contributed by atoms with Crippen LogP contribution in [0.4, 0.5) is 0 Å². The number of nitrogens with two attached hydrogens (primary N) is 1. The van der Waals surface area contributed by atoms with E-state index in [1.54, 1.807) is 22.4 Å². The fourth-order valence-corrected chi connectivity index (χ4v) is 33.2. The third-order valence-electron chi connectivity index (χ3n) is 32.5. The van der Waals surface area contributed by atoms with E-state index in [4.69, 9.17) is 15.2 Å². The number of benzene rings is 1. The highest BCUT2D eigenvalue weighted by molar-refractivity contribution is 8.76. The molecule has 3 saturated heterocycles. The maximum Gasteiger partial charge on any atom is 0.339 e. The Morgan fingerprint density at radius 3 is 2.43 bits per heavy atom. The molecule has 23 rings (SSSR count). The SMILES string of the molecule is CC1CC2=C3C4C5=C6C7CC14CC1CSSCC4C(CCCC48CCCC8)C(C=C17)CC1C64C(=O)OC(=C(O)CC(C6CC7(CCCC7)C7(CCCC78CCCC8)C6)N6CC7CC(C6)C(CC2)N3C7)C4(CC5)C12OC(=O)c1c(CCCN)cccc12. The van der Waals surface area contributed by atoms with E-state index in [2.05, 4.69) is 62.6 Å². The summed E-state index contributed by atoms with van der Waals surface area (Å²) in [5.74, 6) is 7.15. The fourth-order valence-electron chi connectivity index (χ4n) is 30.3. The molecule has 460 valence electrons. The molecule has 12 aliphatic carbocycles. The molecule has 8 nitrogen and oxygen atoms in total. The molecule has 1 aromatic rings. The van der Waals surface area contributed by atoms with Gasteiger partial charge in [-0.15, -0.1) is 0 Å². The van der Waals surface area contributed by atoms with E-state index in [-0.39, 0.29) is 47.1 Å². The van der Waals surface area contributed by atoms with E-state index in [9.17, 15) is 5.11 Å². The molecule has 19 unspecified atom stereocenters. The van der Waals surface area contributed by atoms with Gasteiger partial charge < -0.3 is 25.2 Å². The van der Waals surface area contributed by atoms with Crippen LogP contribution in [0.1, 0.15) is 227 Å². The van der Waals surface area contributed by atoms with Crippen molar-refractivity contribution in [3.8, 4) is 0 Å². The number of piperidine rings is 2. The average molecular weight is 1200 g/mol. The van der Waals surface area contributed by atoms with Gasteiger partial charge in [0.25, 0.3) is 0 Å². The number of ether oxygens (including phenoxy) is 2. The maximum absolute atomic E-state index is 17.4. The number of aliphatic hydroxyl groups is 1. The maximum atomic E-state index is 17.4. The third kappa shape index (κ3) is 6.23. The van der Waals surface area contributed by atoms with Crippen LogP contribution in [0.15, 0.2) is 63.8 Å². The largest absolute Gasteiger partial charge is 0.509 e. The Balaban J connectivity index is 0.856. The number of aryl methyl sites for hydroxylation is 1. The smallest absolute Gasteiger partial charge is 0.339 e. The number of hydrogen-bond acceptors (Lipinski definition) is 10. The van der Waals surface area contributed by atoms with Crippen LogP contribution in [0.3, 0.4) is 0 Å². The number of esters is 2. The summed E-state index contributed by atoms with van der Waals surface area (Å²) in [6.07, 6.45) is 42.2. The first-order valence-corrected chi connectivity index (χ1v) is 39.1. The van der Waals surface area contributed by atoms with Crippen LogP contribution in [0, 0.1) is 103 Å². The molecule has 86 heavy (non-hydrogen) atoms. The number of carbonyl (C=O) groups is 2. The fraction of sp³-hybridized carbons (Fsp3) is 0.789. The minimum atomic E-state index is -1.16. The van der Waals surface area contributed by atoms with Crippen LogP contribution >= 0.6 is 21.6 Å². The third-order valence-corrected chi connectivity index (χ3v) is 35.0. The molecule has 16 bridgehead atoms. The zero-order valence-electron chi connectivity index (χ0n) is 52.1. The molecule has 10 heteroatoms. The molecule has 22 aliphatic rings. The summed E-state index contributed by atoms with van der Waals surface area (Å²) in [7, 11) is 4.48. The highest BCUT2D eigenvalue weighted by Crippen LogP contribution is 2.90. The molecule has 11 fully saturated rings. The zero-order chi connectivity index (χ0) is 57.1. The van der Waals surface area contributed by atoms with Gasteiger partial charge in [-0.25, -0.2) is 4.79 Å². The summed E-state index contributed by atoms with van der Waals surface area (Å²) in [5.41, 5.74) is 15.8. The Morgan fingerprint density at radius 1 is 0.779 bits per heavy atom. The second-order valence-corrected chi connectivity index (χ2v) is 37.0. The monoisotopic (exact) mass is 1200 g/mol. The summed E-state index contributed by atoms with van der Waals surface area (Å²) < 4.78 is 15.4. The van der Waals surface area contributed by atoms with Gasteiger partial charge in [-0.1, -0.05) is 121 Å². The summed E-state index contributed by atoms with van der Waals surface area (Å²) in [5, 5.41) is 14.5. The number of carbonyl (C=O) groups excluding carboxylic acids is 2.